The lowest BCUT2D eigenvalue weighted by atomic mass is 10.1. The molecule has 0 unspecified atom stereocenters. The summed E-state index contributed by atoms with van der Waals surface area (Å²) in [4.78, 5) is 14.1. The van der Waals surface area contributed by atoms with Gasteiger partial charge >= 0.3 is 0 Å². The van der Waals surface area contributed by atoms with E-state index in [4.69, 9.17) is 5.73 Å². The van der Waals surface area contributed by atoms with Crippen molar-refractivity contribution in [2.45, 2.75) is 13.0 Å². The van der Waals surface area contributed by atoms with E-state index in [1.165, 1.54) is 6.20 Å². The van der Waals surface area contributed by atoms with Crippen molar-refractivity contribution in [3.05, 3.63) is 27.5 Å². The first-order chi connectivity index (χ1) is 6.61. The van der Waals surface area contributed by atoms with Gasteiger partial charge in [0.05, 0.1) is 0 Å². The van der Waals surface area contributed by atoms with Crippen molar-refractivity contribution in [2.75, 3.05) is 0 Å². The van der Waals surface area contributed by atoms with E-state index in [-0.39, 0.29) is 17.7 Å². The number of pyridine rings is 1. The Balaban J connectivity index is 3.40. The molecular formula is C8H7BrF2N2O. The quantitative estimate of drug-likeness (QED) is 0.851. The summed E-state index contributed by atoms with van der Waals surface area (Å²) in [6.45, 7) is -0.139. The van der Waals surface area contributed by atoms with Crippen molar-refractivity contribution in [1.82, 2.24) is 4.98 Å². The highest BCUT2D eigenvalue weighted by atomic mass is 79.9. The highest BCUT2D eigenvalue weighted by Gasteiger charge is 2.18. The lowest BCUT2D eigenvalue weighted by molar-refractivity contribution is 0.112. The topological polar surface area (TPSA) is 56.0 Å². The Labute approximate surface area is 87.4 Å². The van der Waals surface area contributed by atoms with E-state index in [2.05, 4.69) is 20.9 Å². The Bertz CT molecular complexity index is 357. The zero-order valence-electron chi connectivity index (χ0n) is 7.01. The number of carbonyl (C=O) groups is 1. The summed E-state index contributed by atoms with van der Waals surface area (Å²) in [7, 11) is 0. The molecule has 0 atom stereocenters. The van der Waals surface area contributed by atoms with Crippen molar-refractivity contribution in [2.24, 2.45) is 5.73 Å². The van der Waals surface area contributed by atoms with E-state index in [9.17, 15) is 13.6 Å². The number of hydrogen-bond acceptors (Lipinski definition) is 3. The maximum Gasteiger partial charge on any atom is 0.280 e. The fraction of sp³-hybridized carbons (Fsp3) is 0.250. The molecule has 0 aliphatic heterocycles. The fourth-order valence-corrected chi connectivity index (χ4v) is 1.52. The Morgan fingerprint density at radius 2 is 2.29 bits per heavy atom. The zero-order chi connectivity index (χ0) is 10.7. The number of carbonyl (C=O) groups excluding carboxylic acids is 1. The Morgan fingerprint density at radius 1 is 1.64 bits per heavy atom. The first kappa shape index (κ1) is 11.2. The minimum absolute atomic E-state index is 0.0874. The van der Waals surface area contributed by atoms with E-state index < -0.39 is 12.1 Å². The molecule has 0 aliphatic rings. The van der Waals surface area contributed by atoms with Gasteiger partial charge in [-0.25, -0.2) is 8.78 Å². The second kappa shape index (κ2) is 4.56. The molecule has 6 heteroatoms. The molecule has 2 N–H and O–H groups in total. The number of aldehydes is 1. The number of alkyl halides is 2. The van der Waals surface area contributed by atoms with Gasteiger partial charge in [-0.3, -0.25) is 9.78 Å². The van der Waals surface area contributed by atoms with E-state index in [1.807, 2.05) is 0 Å². The van der Waals surface area contributed by atoms with Crippen LogP contribution in [0.3, 0.4) is 0 Å². The molecule has 0 bridgehead atoms. The van der Waals surface area contributed by atoms with Crippen LogP contribution in [0.1, 0.15) is 28.0 Å². The number of rotatable bonds is 3. The second-order valence-electron chi connectivity index (χ2n) is 2.51. The molecule has 0 saturated carbocycles. The lowest BCUT2D eigenvalue weighted by Gasteiger charge is -2.09. The van der Waals surface area contributed by atoms with Crippen molar-refractivity contribution in [3.8, 4) is 0 Å². The van der Waals surface area contributed by atoms with E-state index in [1.54, 1.807) is 0 Å². The molecule has 0 aromatic carbocycles. The molecule has 14 heavy (non-hydrogen) atoms. The van der Waals surface area contributed by atoms with Crippen LogP contribution in [0.15, 0.2) is 10.7 Å². The van der Waals surface area contributed by atoms with Crippen LogP contribution in [0.2, 0.25) is 0 Å². The van der Waals surface area contributed by atoms with Gasteiger partial charge in [-0.15, -0.1) is 0 Å². The van der Waals surface area contributed by atoms with E-state index in [0.29, 0.717) is 10.8 Å². The highest BCUT2D eigenvalue weighted by molar-refractivity contribution is 9.10. The van der Waals surface area contributed by atoms with Gasteiger partial charge in [-0.05, 0) is 15.9 Å². The average molecular weight is 265 g/mol. The number of halogens is 3. The van der Waals surface area contributed by atoms with Crippen molar-refractivity contribution in [3.63, 3.8) is 0 Å². The number of nitrogens with two attached hydrogens (primary N) is 1. The largest absolute Gasteiger partial charge is 0.326 e. The van der Waals surface area contributed by atoms with Crippen LogP contribution in [-0.4, -0.2) is 11.3 Å². The predicted octanol–water partition coefficient (Wildman–Crippen LogP) is 2.05. The summed E-state index contributed by atoms with van der Waals surface area (Å²) in [6, 6.07) is 0. The maximum atomic E-state index is 12.4. The van der Waals surface area contributed by atoms with Gasteiger partial charge in [0.2, 0.25) is 0 Å². The molecule has 3 nitrogen and oxygen atoms in total. The van der Waals surface area contributed by atoms with Gasteiger partial charge in [0.1, 0.15) is 5.69 Å². The van der Waals surface area contributed by atoms with Gasteiger partial charge in [0, 0.05) is 28.3 Å². The Morgan fingerprint density at radius 3 is 2.71 bits per heavy atom. The van der Waals surface area contributed by atoms with Crippen LogP contribution in [-0.2, 0) is 6.54 Å². The molecule has 76 valence electrons. The van der Waals surface area contributed by atoms with E-state index >= 15 is 0 Å². The highest BCUT2D eigenvalue weighted by Crippen LogP contribution is 2.26. The normalized spacial score (nSPS) is 10.6. The molecular weight excluding hydrogens is 258 g/mol. The molecule has 0 radical (unpaired) electrons. The first-order valence-corrected chi connectivity index (χ1v) is 4.51. The Hall–Kier alpha value is -0.880. The summed E-state index contributed by atoms with van der Waals surface area (Å²) in [5.74, 6) is 0. The molecule has 0 fully saturated rings. The number of hydrogen-bond donors (Lipinski definition) is 1. The second-order valence-corrected chi connectivity index (χ2v) is 3.36. The predicted molar refractivity (Wildman–Crippen MR) is 50.2 cm³/mol. The number of aromatic nitrogens is 1. The van der Waals surface area contributed by atoms with Gasteiger partial charge in [-0.1, -0.05) is 0 Å². The smallest absolute Gasteiger partial charge is 0.280 e. The lowest BCUT2D eigenvalue weighted by Crippen LogP contribution is -2.09. The third kappa shape index (κ3) is 1.96. The molecule has 1 aromatic heterocycles. The van der Waals surface area contributed by atoms with Gasteiger partial charge in [-0.2, -0.15) is 0 Å². The van der Waals surface area contributed by atoms with E-state index in [0.717, 1.165) is 0 Å². The molecule has 0 spiro atoms. The SMILES string of the molecule is NCc1c(C(F)F)ncc(Br)c1C=O. The van der Waals surface area contributed by atoms with Gasteiger partial charge in [0.25, 0.3) is 6.43 Å². The number of nitrogens with zero attached hydrogens (tertiary/aromatic N) is 1. The third-order valence-electron chi connectivity index (χ3n) is 1.74. The van der Waals surface area contributed by atoms with Crippen LogP contribution in [0, 0.1) is 0 Å². The van der Waals surface area contributed by atoms with Crippen molar-refractivity contribution in [1.29, 1.82) is 0 Å². The summed E-state index contributed by atoms with van der Waals surface area (Å²) in [6.07, 6.45) is -1.06. The van der Waals surface area contributed by atoms with Gasteiger partial charge in [0.15, 0.2) is 6.29 Å². The molecule has 1 heterocycles. The molecule has 0 amide bonds. The van der Waals surface area contributed by atoms with Crippen LogP contribution in [0.25, 0.3) is 0 Å². The van der Waals surface area contributed by atoms with Crippen molar-refractivity contribution < 1.29 is 13.6 Å². The molecule has 0 saturated heterocycles. The first-order valence-electron chi connectivity index (χ1n) is 3.72. The van der Waals surface area contributed by atoms with Crippen LogP contribution in [0.5, 0.6) is 0 Å². The molecule has 0 aliphatic carbocycles. The molecule has 1 rings (SSSR count). The Kier molecular flexibility index (Phi) is 3.65. The minimum Gasteiger partial charge on any atom is -0.326 e. The monoisotopic (exact) mass is 264 g/mol. The minimum atomic E-state index is -2.72. The summed E-state index contributed by atoms with van der Waals surface area (Å²) in [5.41, 5.74) is 5.07. The average Bonchev–Trinajstić information content (AvgIpc) is 2.16. The fourth-order valence-electron chi connectivity index (χ4n) is 1.09. The molecule has 1 aromatic rings. The summed E-state index contributed by atoms with van der Waals surface area (Å²) in [5, 5.41) is 0. The standard InChI is InChI=1S/C8H7BrF2N2O/c9-6-2-13-7(8(10)11)4(1-12)5(6)3-14/h2-3,8H,1,12H2. The van der Waals surface area contributed by atoms with Crippen LogP contribution < -0.4 is 5.73 Å². The third-order valence-corrected chi connectivity index (χ3v) is 2.37. The maximum absolute atomic E-state index is 12.4. The van der Waals surface area contributed by atoms with Gasteiger partial charge < -0.3 is 5.73 Å². The van der Waals surface area contributed by atoms with Crippen molar-refractivity contribution >= 4 is 22.2 Å². The summed E-state index contributed by atoms with van der Waals surface area (Å²) >= 11 is 3.04. The summed E-state index contributed by atoms with van der Waals surface area (Å²) < 4.78 is 25.2. The van der Waals surface area contributed by atoms with Crippen LogP contribution >= 0.6 is 15.9 Å². The zero-order valence-corrected chi connectivity index (χ0v) is 8.59. The van der Waals surface area contributed by atoms with Crippen LogP contribution in [0.4, 0.5) is 8.78 Å².